The second kappa shape index (κ2) is 7.42. The summed E-state index contributed by atoms with van der Waals surface area (Å²) in [5.74, 6) is 0.681. The Kier molecular flexibility index (Phi) is 6.12. The normalized spacial score (nSPS) is 15.6. The maximum absolute atomic E-state index is 11.5. The van der Waals surface area contributed by atoms with Gasteiger partial charge in [0, 0.05) is 18.8 Å². The first-order valence-electron chi connectivity index (χ1n) is 6.42. The number of hydrogen-bond donors (Lipinski definition) is 0. The van der Waals surface area contributed by atoms with Crippen molar-refractivity contribution in [3.05, 3.63) is 0 Å². The number of Topliss-reactive ketones (excluding diaryl/α,β-unsaturated/α-hetero) is 1. The molecular weight excluding hydrogens is 204 g/mol. The molecule has 0 saturated heterocycles. The summed E-state index contributed by atoms with van der Waals surface area (Å²) in [5, 5.41) is 0. The van der Waals surface area contributed by atoms with Crippen LogP contribution in [0.15, 0.2) is 0 Å². The summed E-state index contributed by atoms with van der Waals surface area (Å²) in [7, 11) is 0. The average Bonchev–Trinajstić information content (AvgIpc) is 2.14. The van der Waals surface area contributed by atoms with Crippen molar-refractivity contribution >= 4 is 11.8 Å². The van der Waals surface area contributed by atoms with Gasteiger partial charge in [-0.2, -0.15) is 0 Å². The smallest absolute Gasteiger partial charge is 0.305 e. The van der Waals surface area contributed by atoms with E-state index in [0.717, 1.165) is 32.1 Å². The monoisotopic (exact) mass is 226 g/mol. The lowest BCUT2D eigenvalue weighted by Crippen LogP contribution is -2.21. The molecule has 1 aliphatic rings. The Morgan fingerprint density at radius 1 is 1.12 bits per heavy atom. The third-order valence-corrected chi connectivity index (χ3v) is 3.17. The first-order chi connectivity index (χ1) is 7.74. The van der Waals surface area contributed by atoms with Crippen molar-refractivity contribution in [3.63, 3.8) is 0 Å². The number of rotatable bonds is 8. The number of ketones is 1. The van der Waals surface area contributed by atoms with Crippen LogP contribution < -0.4 is 0 Å². The zero-order valence-electron chi connectivity index (χ0n) is 10.2. The van der Waals surface area contributed by atoms with E-state index in [9.17, 15) is 9.59 Å². The van der Waals surface area contributed by atoms with E-state index in [1.165, 1.54) is 6.42 Å². The Bertz CT molecular complexity index is 231. The van der Waals surface area contributed by atoms with Crippen LogP contribution in [0.2, 0.25) is 0 Å². The van der Waals surface area contributed by atoms with E-state index in [0.29, 0.717) is 31.1 Å². The van der Waals surface area contributed by atoms with Gasteiger partial charge in [0.05, 0.1) is 6.61 Å². The van der Waals surface area contributed by atoms with Crippen LogP contribution in [0.3, 0.4) is 0 Å². The Labute approximate surface area is 97.5 Å². The van der Waals surface area contributed by atoms with Crippen LogP contribution in [0.25, 0.3) is 0 Å². The Morgan fingerprint density at radius 3 is 2.38 bits per heavy atom. The third-order valence-electron chi connectivity index (χ3n) is 3.17. The molecule has 1 rings (SSSR count). The lowest BCUT2D eigenvalue weighted by molar-refractivity contribution is -0.143. The second-order valence-electron chi connectivity index (χ2n) is 4.46. The van der Waals surface area contributed by atoms with Crippen molar-refractivity contribution in [2.24, 2.45) is 5.92 Å². The molecule has 0 radical (unpaired) electrons. The summed E-state index contributed by atoms with van der Waals surface area (Å²) >= 11 is 0. The van der Waals surface area contributed by atoms with Gasteiger partial charge < -0.3 is 4.74 Å². The highest BCUT2D eigenvalue weighted by atomic mass is 16.5. The van der Waals surface area contributed by atoms with Gasteiger partial charge >= 0.3 is 5.97 Å². The molecule has 0 spiro atoms. The summed E-state index contributed by atoms with van der Waals surface area (Å²) in [5.41, 5.74) is 0. The lowest BCUT2D eigenvalue weighted by atomic mass is 9.80. The molecule has 0 amide bonds. The predicted octanol–water partition coefficient (Wildman–Crippen LogP) is 2.87. The molecule has 0 atom stereocenters. The van der Waals surface area contributed by atoms with Gasteiger partial charge in [0.1, 0.15) is 5.78 Å². The minimum Gasteiger partial charge on any atom is -0.466 e. The largest absolute Gasteiger partial charge is 0.466 e. The number of hydrogen-bond acceptors (Lipinski definition) is 3. The summed E-state index contributed by atoms with van der Waals surface area (Å²) in [4.78, 5) is 22.5. The van der Waals surface area contributed by atoms with Crippen LogP contribution in [0.4, 0.5) is 0 Å². The molecule has 0 unspecified atom stereocenters. The molecule has 1 fully saturated rings. The third kappa shape index (κ3) is 4.77. The molecule has 16 heavy (non-hydrogen) atoms. The van der Waals surface area contributed by atoms with Gasteiger partial charge in [-0.25, -0.2) is 0 Å². The van der Waals surface area contributed by atoms with E-state index < -0.39 is 0 Å². The molecule has 0 N–H and O–H groups in total. The van der Waals surface area contributed by atoms with Crippen LogP contribution in [-0.2, 0) is 14.3 Å². The van der Waals surface area contributed by atoms with E-state index >= 15 is 0 Å². The Morgan fingerprint density at radius 2 is 1.81 bits per heavy atom. The number of carbonyl (C=O) groups is 2. The van der Waals surface area contributed by atoms with Gasteiger partial charge in [0.2, 0.25) is 0 Å². The molecule has 0 aliphatic heterocycles. The molecule has 92 valence electrons. The minimum absolute atomic E-state index is 0.118. The van der Waals surface area contributed by atoms with Gasteiger partial charge in [-0.15, -0.1) is 0 Å². The van der Waals surface area contributed by atoms with Crippen molar-refractivity contribution in [2.75, 3.05) is 6.61 Å². The van der Waals surface area contributed by atoms with Gasteiger partial charge in [0.25, 0.3) is 0 Å². The first kappa shape index (κ1) is 13.2. The fraction of sp³-hybridized carbons (Fsp3) is 0.846. The number of ether oxygens (including phenoxy) is 1. The molecule has 0 aromatic rings. The molecule has 3 heteroatoms. The molecular formula is C13H22O3. The van der Waals surface area contributed by atoms with Gasteiger partial charge in [-0.1, -0.05) is 12.8 Å². The second-order valence-corrected chi connectivity index (χ2v) is 4.46. The van der Waals surface area contributed by atoms with Crippen LogP contribution in [0, 0.1) is 5.92 Å². The fourth-order valence-corrected chi connectivity index (χ4v) is 1.91. The van der Waals surface area contributed by atoms with Crippen molar-refractivity contribution in [1.82, 2.24) is 0 Å². The van der Waals surface area contributed by atoms with Crippen molar-refractivity contribution in [1.29, 1.82) is 0 Å². The topological polar surface area (TPSA) is 43.4 Å². The standard InChI is InChI=1S/C13H22O3/c1-2-16-13(15)10-5-3-4-9-12(14)11-7-6-8-11/h11H,2-10H2,1H3. The van der Waals surface area contributed by atoms with Crippen molar-refractivity contribution in [2.45, 2.75) is 58.3 Å². The van der Waals surface area contributed by atoms with E-state index in [4.69, 9.17) is 4.74 Å². The minimum atomic E-state index is -0.118. The highest BCUT2D eigenvalue weighted by Gasteiger charge is 2.24. The van der Waals surface area contributed by atoms with E-state index in [1.807, 2.05) is 6.92 Å². The van der Waals surface area contributed by atoms with Gasteiger partial charge in [-0.3, -0.25) is 9.59 Å². The van der Waals surface area contributed by atoms with Gasteiger partial charge in [0.15, 0.2) is 0 Å². The maximum Gasteiger partial charge on any atom is 0.305 e. The molecule has 0 heterocycles. The summed E-state index contributed by atoms with van der Waals surface area (Å²) in [6, 6.07) is 0. The predicted molar refractivity (Wildman–Crippen MR) is 62.1 cm³/mol. The number of carbonyl (C=O) groups excluding carboxylic acids is 2. The van der Waals surface area contributed by atoms with Crippen LogP contribution in [0.5, 0.6) is 0 Å². The molecule has 1 aliphatic carbocycles. The highest BCUT2D eigenvalue weighted by Crippen LogP contribution is 2.28. The van der Waals surface area contributed by atoms with Crippen molar-refractivity contribution in [3.8, 4) is 0 Å². The zero-order valence-corrected chi connectivity index (χ0v) is 10.2. The first-order valence-corrected chi connectivity index (χ1v) is 6.42. The maximum atomic E-state index is 11.5. The molecule has 0 bridgehead atoms. The van der Waals surface area contributed by atoms with E-state index in [2.05, 4.69) is 0 Å². The number of unbranched alkanes of at least 4 members (excludes halogenated alkanes) is 2. The highest BCUT2D eigenvalue weighted by molar-refractivity contribution is 5.81. The molecule has 0 aromatic heterocycles. The van der Waals surface area contributed by atoms with Crippen molar-refractivity contribution < 1.29 is 14.3 Å². The lowest BCUT2D eigenvalue weighted by Gasteiger charge is -2.23. The molecule has 1 saturated carbocycles. The molecule has 3 nitrogen and oxygen atoms in total. The van der Waals surface area contributed by atoms with Crippen LogP contribution in [-0.4, -0.2) is 18.4 Å². The Balaban J connectivity index is 1.91. The quantitative estimate of drug-likeness (QED) is 0.472. The average molecular weight is 226 g/mol. The number of esters is 1. The summed E-state index contributed by atoms with van der Waals surface area (Å²) < 4.78 is 4.83. The Hall–Kier alpha value is -0.860. The van der Waals surface area contributed by atoms with E-state index in [1.54, 1.807) is 0 Å². The van der Waals surface area contributed by atoms with E-state index in [-0.39, 0.29) is 5.97 Å². The fourth-order valence-electron chi connectivity index (χ4n) is 1.91. The van der Waals surface area contributed by atoms with Crippen LogP contribution >= 0.6 is 0 Å². The zero-order chi connectivity index (χ0) is 11.8. The summed E-state index contributed by atoms with van der Waals surface area (Å²) in [6.45, 7) is 2.27. The van der Waals surface area contributed by atoms with Gasteiger partial charge in [-0.05, 0) is 32.6 Å². The summed E-state index contributed by atoms with van der Waals surface area (Å²) in [6.07, 6.45) is 7.34. The molecule has 0 aromatic carbocycles. The SMILES string of the molecule is CCOC(=O)CCCCCC(=O)C1CCC1. The van der Waals surface area contributed by atoms with Crippen LogP contribution in [0.1, 0.15) is 58.3 Å².